The SMILES string of the molecule is Cc1cccn2cc(COc3ccccc3C(=O)N3CCN(C(=O)[C@@H]4CCCO4)CC3)nc12. The lowest BCUT2D eigenvalue weighted by Gasteiger charge is -2.36. The zero-order chi connectivity index (χ0) is 22.8. The van der Waals surface area contributed by atoms with Crippen LogP contribution in [0.5, 0.6) is 5.75 Å². The number of benzene rings is 1. The zero-order valence-corrected chi connectivity index (χ0v) is 18.8. The average Bonchev–Trinajstić information content (AvgIpc) is 3.53. The Kier molecular flexibility index (Phi) is 6.00. The van der Waals surface area contributed by atoms with E-state index in [1.54, 1.807) is 11.0 Å². The third-order valence-electron chi connectivity index (χ3n) is 6.30. The molecule has 0 aliphatic carbocycles. The summed E-state index contributed by atoms with van der Waals surface area (Å²) in [5.41, 5.74) is 3.32. The smallest absolute Gasteiger partial charge is 0.257 e. The largest absolute Gasteiger partial charge is 0.486 e. The predicted molar refractivity (Wildman–Crippen MR) is 122 cm³/mol. The summed E-state index contributed by atoms with van der Waals surface area (Å²) in [5, 5.41) is 0. The normalized spacial score (nSPS) is 18.6. The molecule has 2 amide bonds. The molecule has 3 aromatic rings. The Balaban J connectivity index is 1.23. The van der Waals surface area contributed by atoms with Crippen molar-refractivity contribution in [2.45, 2.75) is 32.5 Å². The van der Waals surface area contributed by atoms with Crippen LogP contribution in [-0.4, -0.2) is 69.9 Å². The summed E-state index contributed by atoms with van der Waals surface area (Å²) in [6, 6.07) is 11.3. The number of piperazine rings is 1. The maximum atomic E-state index is 13.2. The van der Waals surface area contributed by atoms with Gasteiger partial charge in [-0.05, 0) is 43.5 Å². The van der Waals surface area contributed by atoms with Gasteiger partial charge in [0.1, 0.15) is 24.1 Å². The van der Waals surface area contributed by atoms with Crippen molar-refractivity contribution in [1.82, 2.24) is 19.2 Å². The molecule has 2 fully saturated rings. The molecule has 1 aromatic carbocycles. The minimum absolute atomic E-state index is 0.0472. The number of hydrogen-bond acceptors (Lipinski definition) is 5. The van der Waals surface area contributed by atoms with Crippen molar-refractivity contribution in [1.29, 1.82) is 0 Å². The second kappa shape index (κ2) is 9.23. The van der Waals surface area contributed by atoms with E-state index in [2.05, 4.69) is 4.98 Å². The van der Waals surface area contributed by atoms with Gasteiger partial charge in [-0.25, -0.2) is 4.98 Å². The summed E-state index contributed by atoms with van der Waals surface area (Å²) < 4.78 is 13.5. The molecule has 33 heavy (non-hydrogen) atoms. The number of carbonyl (C=O) groups is 2. The van der Waals surface area contributed by atoms with Crippen molar-refractivity contribution in [3.8, 4) is 5.75 Å². The number of para-hydroxylation sites is 1. The number of aromatic nitrogens is 2. The Morgan fingerprint density at radius 2 is 1.88 bits per heavy atom. The van der Waals surface area contributed by atoms with Crippen molar-refractivity contribution in [3.05, 3.63) is 65.6 Å². The zero-order valence-electron chi connectivity index (χ0n) is 18.8. The minimum atomic E-state index is -0.315. The average molecular weight is 449 g/mol. The van der Waals surface area contributed by atoms with E-state index in [1.807, 2.05) is 58.9 Å². The van der Waals surface area contributed by atoms with E-state index in [-0.39, 0.29) is 24.5 Å². The number of ether oxygens (including phenoxy) is 2. The third kappa shape index (κ3) is 4.43. The van der Waals surface area contributed by atoms with E-state index < -0.39 is 0 Å². The quantitative estimate of drug-likeness (QED) is 0.600. The van der Waals surface area contributed by atoms with E-state index >= 15 is 0 Å². The standard InChI is InChI=1S/C25H28N4O4/c1-18-6-4-10-29-16-19(26-23(18)29)17-33-21-8-3-2-7-20(21)24(30)27-11-13-28(14-12-27)25(31)22-9-5-15-32-22/h2-4,6-8,10,16,22H,5,9,11-15,17H2,1H3/t22-/m0/s1. The first kappa shape index (κ1) is 21.5. The van der Waals surface area contributed by atoms with Crippen molar-refractivity contribution in [2.75, 3.05) is 32.8 Å². The van der Waals surface area contributed by atoms with E-state index in [9.17, 15) is 9.59 Å². The molecule has 172 valence electrons. The Labute approximate surface area is 192 Å². The van der Waals surface area contributed by atoms with Gasteiger partial charge < -0.3 is 23.7 Å². The van der Waals surface area contributed by atoms with Crippen molar-refractivity contribution >= 4 is 17.5 Å². The van der Waals surface area contributed by atoms with E-state index in [0.717, 1.165) is 29.7 Å². The number of pyridine rings is 1. The van der Waals surface area contributed by atoms with Gasteiger partial charge in [0.25, 0.3) is 11.8 Å². The molecule has 0 N–H and O–H groups in total. The Bertz CT molecular complexity index is 1160. The van der Waals surface area contributed by atoms with Crippen molar-refractivity contribution in [3.63, 3.8) is 0 Å². The molecule has 5 rings (SSSR count). The van der Waals surface area contributed by atoms with E-state index in [4.69, 9.17) is 9.47 Å². The molecular formula is C25H28N4O4. The Morgan fingerprint density at radius 3 is 2.64 bits per heavy atom. The van der Waals surface area contributed by atoms with Crippen molar-refractivity contribution in [2.24, 2.45) is 0 Å². The van der Waals surface area contributed by atoms with Crippen LogP contribution < -0.4 is 4.74 Å². The predicted octanol–water partition coefficient (Wildman–Crippen LogP) is 2.69. The van der Waals surface area contributed by atoms with Crippen LogP contribution in [0.2, 0.25) is 0 Å². The number of amides is 2. The third-order valence-corrected chi connectivity index (χ3v) is 6.30. The van der Waals surface area contributed by atoms with E-state index in [1.165, 1.54) is 0 Å². The number of fused-ring (bicyclic) bond motifs is 1. The molecule has 8 heteroatoms. The Hall–Kier alpha value is -3.39. The summed E-state index contributed by atoms with van der Waals surface area (Å²) in [4.78, 5) is 34.1. The minimum Gasteiger partial charge on any atom is -0.486 e. The molecule has 2 aliphatic rings. The van der Waals surface area contributed by atoms with Crippen LogP contribution in [0.3, 0.4) is 0 Å². The Morgan fingerprint density at radius 1 is 1.09 bits per heavy atom. The number of hydrogen-bond donors (Lipinski definition) is 0. The van der Waals surface area contributed by atoms with Gasteiger partial charge in [-0.2, -0.15) is 0 Å². The lowest BCUT2D eigenvalue weighted by atomic mass is 10.1. The first-order chi connectivity index (χ1) is 16.1. The molecule has 0 spiro atoms. The van der Waals surface area contributed by atoms with Crippen LogP contribution >= 0.6 is 0 Å². The first-order valence-electron chi connectivity index (χ1n) is 11.4. The highest BCUT2D eigenvalue weighted by Crippen LogP contribution is 2.23. The molecule has 2 aliphatic heterocycles. The molecule has 2 aromatic heterocycles. The number of aryl methyl sites for hydroxylation is 1. The fourth-order valence-electron chi connectivity index (χ4n) is 4.47. The number of carbonyl (C=O) groups excluding carboxylic acids is 2. The summed E-state index contributed by atoms with van der Waals surface area (Å²) >= 11 is 0. The van der Waals surface area contributed by atoms with Gasteiger partial charge in [0.05, 0.1) is 11.3 Å². The molecule has 2 saturated heterocycles. The van der Waals surface area contributed by atoms with Crippen LogP contribution in [-0.2, 0) is 16.1 Å². The molecular weight excluding hydrogens is 420 g/mol. The lowest BCUT2D eigenvalue weighted by Crippen LogP contribution is -2.52. The summed E-state index contributed by atoms with van der Waals surface area (Å²) in [5.74, 6) is 0.501. The lowest BCUT2D eigenvalue weighted by molar-refractivity contribution is -0.142. The van der Waals surface area contributed by atoms with Gasteiger partial charge in [0, 0.05) is 45.2 Å². The highest BCUT2D eigenvalue weighted by Gasteiger charge is 2.32. The molecule has 0 saturated carbocycles. The maximum absolute atomic E-state index is 13.2. The first-order valence-corrected chi connectivity index (χ1v) is 11.4. The van der Waals surface area contributed by atoms with Gasteiger partial charge in [-0.15, -0.1) is 0 Å². The summed E-state index contributed by atoms with van der Waals surface area (Å²) in [7, 11) is 0. The second-order valence-electron chi connectivity index (χ2n) is 8.56. The van der Waals surface area contributed by atoms with Gasteiger partial charge in [0.15, 0.2) is 0 Å². The molecule has 0 unspecified atom stereocenters. The number of imidazole rings is 1. The highest BCUT2D eigenvalue weighted by molar-refractivity contribution is 5.97. The number of rotatable bonds is 5. The maximum Gasteiger partial charge on any atom is 0.257 e. The molecule has 1 atom stereocenters. The highest BCUT2D eigenvalue weighted by atomic mass is 16.5. The topological polar surface area (TPSA) is 76.4 Å². The summed E-state index contributed by atoms with van der Waals surface area (Å²) in [6.07, 6.45) is 5.30. The fraction of sp³-hybridized carbons (Fsp3) is 0.400. The van der Waals surface area contributed by atoms with Gasteiger partial charge in [-0.1, -0.05) is 18.2 Å². The van der Waals surface area contributed by atoms with E-state index in [0.29, 0.717) is 44.1 Å². The van der Waals surface area contributed by atoms with Crippen LogP contribution in [0.4, 0.5) is 0 Å². The van der Waals surface area contributed by atoms with Crippen molar-refractivity contribution < 1.29 is 19.1 Å². The molecule has 8 nitrogen and oxygen atoms in total. The van der Waals surface area contributed by atoms with Crippen LogP contribution in [0.1, 0.15) is 34.5 Å². The summed E-state index contributed by atoms with van der Waals surface area (Å²) in [6.45, 7) is 4.99. The van der Waals surface area contributed by atoms with Gasteiger partial charge >= 0.3 is 0 Å². The fourth-order valence-corrected chi connectivity index (χ4v) is 4.47. The monoisotopic (exact) mass is 448 g/mol. The molecule has 4 heterocycles. The van der Waals surface area contributed by atoms with Crippen LogP contribution in [0.15, 0.2) is 48.8 Å². The van der Waals surface area contributed by atoms with Crippen LogP contribution in [0.25, 0.3) is 5.65 Å². The molecule has 0 bridgehead atoms. The second-order valence-corrected chi connectivity index (χ2v) is 8.56. The molecule has 0 radical (unpaired) electrons. The van der Waals surface area contributed by atoms with Gasteiger partial charge in [0.2, 0.25) is 0 Å². The van der Waals surface area contributed by atoms with Gasteiger partial charge in [-0.3, -0.25) is 9.59 Å². The van der Waals surface area contributed by atoms with Crippen LogP contribution in [0, 0.1) is 6.92 Å². The number of nitrogens with zero attached hydrogens (tertiary/aromatic N) is 4.